The molecule has 0 bridgehead atoms. The molecule has 0 spiro atoms. The van der Waals surface area contributed by atoms with Gasteiger partial charge in [-0.1, -0.05) is 6.07 Å². The molecule has 1 aliphatic heterocycles. The van der Waals surface area contributed by atoms with E-state index in [0.29, 0.717) is 17.0 Å². The number of nitrogens with two attached hydrogens (primary N) is 1. The van der Waals surface area contributed by atoms with Crippen molar-refractivity contribution in [1.29, 1.82) is 0 Å². The van der Waals surface area contributed by atoms with E-state index in [0.717, 1.165) is 44.0 Å². The molecule has 0 atom stereocenters. The first-order valence-corrected chi connectivity index (χ1v) is 9.61. The van der Waals surface area contributed by atoms with Gasteiger partial charge in [0.05, 0.1) is 19.2 Å². The maximum Gasteiger partial charge on any atom is 0.416 e. The summed E-state index contributed by atoms with van der Waals surface area (Å²) >= 11 is 0. The van der Waals surface area contributed by atoms with Crippen molar-refractivity contribution in [2.45, 2.75) is 12.7 Å². The van der Waals surface area contributed by atoms with Crippen LogP contribution in [0.1, 0.15) is 11.1 Å². The fourth-order valence-electron chi connectivity index (χ4n) is 3.30. The summed E-state index contributed by atoms with van der Waals surface area (Å²) in [7, 11) is 3.59. The predicted molar refractivity (Wildman–Crippen MR) is 129 cm³/mol. The van der Waals surface area contributed by atoms with Crippen molar-refractivity contribution in [3.05, 3.63) is 53.6 Å². The van der Waals surface area contributed by atoms with E-state index in [9.17, 15) is 13.2 Å². The number of ether oxygens (including phenoxy) is 1. The predicted octanol–water partition coefficient (Wildman–Crippen LogP) is 4.01. The van der Waals surface area contributed by atoms with Gasteiger partial charge in [-0.3, -0.25) is 0 Å². The molecule has 0 radical (unpaired) electrons. The number of alkyl halides is 3. The van der Waals surface area contributed by atoms with Crippen molar-refractivity contribution in [2.75, 3.05) is 50.6 Å². The van der Waals surface area contributed by atoms with Crippen LogP contribution in [0.2, 0.25) is 0 Å². The molecule has 0 saturated carbocycles. The summed E-state index contributed by atoms with van der Waals surface area (Å²) < 4.78 is 44.9. The van der Waals surface area contributed by atoms with Crippen LogP contribution in [-0.2, 0) is 12.7 Å². The van der Waals surface area contributed by atoms with Crippen LogP contribution in [-0.4, -0.2) is 51.2 Å². The molecule has 2 aromatic carbocycles. The highest BCUT2D eigenvalue weighted by Crippen LogP contribution is 2.33. The molecule has 1 saturated heterocycles. The number of hydrogen-bond donors (Lipinski definition) is 2. The van der Waals surface area contributed by atoms with E-state index >= 15 is 0 Å². The minimum atomic E-state index is -4.41. The fraction of sp³-hybridized carbons (Fsp3) is 0.381. The van der Waals surface area contributed by atoms with Crippen molar-refractivity contribution in [1.82, 2.24) is 4.90 Å². The molecule has 31 heavy (non-hydrogen) atoms. The molecular formula is C21H27F3IN5O. The zero-order valence-electron chi connectivity index (χ0n) is 17.4. The molecular weight excluding hydrogens is 522 g/mol. The Morgan fingerprint density at radius 3 is 2.48 bits per heavy atom. The molecule has 1 fully saturated rings. The maximum absolute atomic E-state index is 13.2. The summed E-state index contributed by atoms with van der Waals surface area (Å²) in [6, 6.07) is 11.0. The number of rotatable bonds is 5. The highest BCUT2D eigenvalue weighted by Gasteiger charge is 2.31. The Kier molecular flexibility index (Phi) is 8.80. The molecule has 1 heterocycles. The molecule has 3 rings (SSSR count). The maximum atomic E-state index is 13.2. The number of anilines is 2. The van der Waals surface area contributed by atoms with E-state index < -0.39 is 11.7 Å². The van der Waals surface area contributed by atoms with Gasteiger partial charge in [0, 0.05) is 43.6 Å². The van der Waals surface area contributed by atoms with E-state index in [-0.39, 0.29) is 36.5 Å². The van der Waals surface area contributed by atoms with E-state index in [4.69, 9.17) is 10.5 Å². The SMILES string of the molecule is COc1cccc(NC(N)=NCc2cc(C(F)(F)F)ccc2N2CCN(C)CC2)c1.I. The highest BCUT2D eigenvalue weighted by molar-refractivity contribution is 14.0. The fourth-order valence-corrected chi connectivity index (χ4v) is 3.30. The molecule has 0 amide bonds. The minimum absolute atomic E-state index is 0. The van der Waals surface area contributed by atoms with Gasteiger partial charge in [0.1, 0.15) is 5.75 Å². The van der Waals surface area contributed by atoms with E-state index in [2.05, 4.69) is 20.1 Å². The van der Waals surface area contributed by atoms with E-state index in [1.807, 2.05) is 7.05 Å². The number of halogens is 4. The molecule has 10 heteroatoms. The third kappa shape index (κ3) is 6.89. The van der Waals surface area contributed by atoms with Crippen LogP contribution < -0.4 is 20.7 Å². The second-order valence-electron chi connectivity index (χ2n) is 7.19. The lowest BCUT2D eigenvalue weighted by Gasteiger charge is -2.35. The van der Waals surface area contributed by atoms with Gasteiger partial charge in [-0.2, -0.15) is 13.2 Å². The summed E-state index contributed by atoms with van der Waals surface area (Å²) in [4.78, 5) is 8.56. The normalized spacial score (nSPS) is 15.4. The van der Waals surface area contributed by atoms with Gasteiger partial charge in [0.25, 0.3) is 0 Å². The number of aliphatic imine (C=N–C) groups is 1. The monoisotopic (exact) mass is 549 g/mol. The van der Waals surface area contributed by atoms with Gasteiger partial charge < -0.3 is 25.6 Å². The zero-order chi connectivity index (χ0) is 21.7. The molecule has 0 aromatic heterocycles. The number of guanidine groups is 1. The second kappa shape index (κ2) is 10.9. The van der Waals surface area contributed by atoms with Crippen molar-refractivity contribution >= 4 is 41.3 Å². The number of piperazine rings is 1. The molecule has 170 valence electrons. The summed E-state index contributed by atoms with van der Waals surface area (Å²) in [6.07, 6.45) is -4.41. The first kappa shape index (κ1) is 25.1. The third-order valence-corrected chi connectivity index (χ3v) is 5.01. The van der Waals surface area contributed by atoms with Crippen LogP contribution >= 0.6 is 24.0 Å². The Balaban J connectivity index is 0.00000341. The number of hydrogen-bond acceptors (Lipinski definition) is 4. The number of likely N-dealkylation sites (N-methyl/N-ethyl adjacent to an activating group) is 1. The average molecular weight is 549 g/mol. The number of nitrogens with zero attached hydrogens (tertiary/aromatic N) is 3. The van der Waals surface area contributed by atoms with Gasteiger partial charge in [-0.05, 0) is 42.9 Å². The lowest BCUT2D eigenvalue weighted by molar-refractivity contribution is -0.137. The molecule has 0 unspecified atom stereocenters. The van der Waals surface area contributed by atoms with E-state index in [1.165, 1.54) is 6.07 Å². The van der Waals surface area contributed by atoms with Gasteiger partial charge >= 0.3 is 6.18 Å². The summed E-state index contributed by atoms with van der Waals surface area (Å²) in [5.74, 6) is 0.771. The molecule has 0 aliphatic carbocycles. The van der Waals surface area contributed by atoms with Gasteiger partial charge in [0.15, 0.2) is 5.96 Å². The first-order chi connectivity index (χ1) is 14.3. The number of benzene rings is 2. The quantitative estimate of drug-likeness (QED) is 0.336. The topological polar surface area (TPSA) is 66.1 Å². The van der Waals surface area contributed by atoms with Gasteiger partial charge in [-0.25, -0.2) is 4.99 Å². The number of methoxy groups -OCH3 is 1. The van der Waals surface area contributed by atoms with Crippen LogP contribution in [0.3, 0.4) is 0 Å². The first-order valence-electron chi connectivity index (χ1n) is 9.61. The van der Waals surface area contributed by atoms with Crippen LogP contribution in [0.25, 0.3) is 0 Å². The zero-order valence-corrected chi connectivity index (χ0v) is 19.8. The second-order valence-corrected chi connectivity index (χ2v) is 7.19. The smallest absolute Gasteiger partial charge is 0.416 e. The summed E-state index contributed by atoms with van der Waals surface area (Å²) in [5, 5.41) is 2.94. The third-order valence-electron chi connectivity index (χ3n) is 5.01. The van der Waals surface area contributed by atoms with E-state index in [1.54, 1.807) is 31.4 Å². The Labute approximate surface area is 197 Å². The van der Waals surface area contributed by atoms with Crippen molar-refractivity contribution in [2.24, 2.45) is 10.7 Å². The molecule has 1 aliphatic rings. The lowest BCUT2D eigenvalue weighted by atomic mass is 10.1. The molecule has 6 nitrogen and oxygen atoms in total. The van der Waals surface area contributed by atoms with Crippen molar-refractivity contribution < 1.29 is 17.9 Å². The van der Waals surface area contributed by atoms with Crippen LogP contribution in [0.5, 0.6) is 5.75 Å². The standard InChI is InChI=1S/C21H26F3N5O.HI/c1-28-8-10-29(11-9-28)19-7-6-16(21(22,23)24)12-15(19)14-26-20(25)27-17-4-3-5-18(13-17)30-2;/h3-7,12-13H,8-11,14H2,1-2H3,(H3,25,26,27);1H. The lowest BCUT2D eigenvalue weighted by Crippen LogP contribution is -2.44. The van der Waals surface area contributed by atoms with Crippen LogP contribution in [0.15, 0.2) is 47.5 Å². The van der Waals surface area contributed by atoms with Crippen LogP contribution in [0.4, 0.5) is 24.5 Å². The highest BCUT2D eigenvalue weighted by atomic mass is 127. The number of nitrogens with one attached hydrogen (secondary N) is 1. The van der Waals surface area contributed by atoms with Crippen molar-refractivity contribution in [3.8, 4) is 5.75 Å². The molecule has 3 N–H and O–H groups in total. The Bertz CT molecular complexity index is 899. The Morgan fingerprint density at radius 2 is 1.84 bits per heavy atom. The van der Waals surface area contributed by atoms with Gasteiger partial charge in [0.2, 0.25) is 0 Å². The van der Waals surface area contributed by atoms with Crippen LogP contribution in [0, 0.1) is 0 Å². The average Bonchev–Trinajstić information content (AvgIpc) is 2.72. The Hall–Kier alpha value is -2.21. The Morgan fingerprint density at radius 1 is 1.13 bits per heavy atom. The minimum Gasteiger partial charge on any atom is -0.497 e. The van der Waals surface area contributed by atoms with Crippen molar-refractivity contribution in [3.63, 3.8) is 0 Å². The van der Waals surface area contributed by atoms with Gasteiger partial charge in [-0.15, -0.1) is 24.0 Å². The largest absolute Gasteiger partial charge is 0.497 e. The summed E-state index contributed by atoms with van der Waals surface area (Å²) in [5.41, 5.74) is 7.21. The molecule has 2 aromatic rings. The summed E-state index contributed by atoms with van der Waals surface area (Å²) in [6.45, 7) is 3.23.